The summed E-state index contributed by atoms with van der Waals surface area (Å²) < 4.78 is 5.46. The van der Waals surface area contributed by atoms with Crippen molar-refractivity contribution in [3.8, 4) is 0 Å². The van der Waals surface area contributed by atoms with Gasteiger partial charge in [-0.3, -0.25) is 0 Å². The molecular formula is C10H12BrNO2. The smallest absolute Gasteiger partial charge is 0.356 e. The molecule has 0 saturated heterocycles. The number of rotatable bonds is 2. The van der Waals surface area contributed by atoms with Crippen LogP contribution in [0.15, 0.2) is 16.7 Å². The van der Waals surface area contributed by atoms with Crippen molar-refractivity contribution >= 4 is 21.9 Å². The molecule has 3 nitrogen and oxygen atoms in total. The molecule has 0 aliphatic carbocycles. The lowest BCUT2D eigenvalue weighted by atomic mass is 10.1. The summed E-state index contributed by atoms with van der Waals surface area (Å²) in [5.74, 6) is -0.0374. The zero-order chi connectivity index (χ0) is 10.7. The Labute approximate surface area is 91.6 Å². The van der Waals surface area contributed by atoms with E-state index in [-0.39, 0.29) is 0 Å². The lowest BCUT2D eigenvalue weighted by molar-refractivity contribution is 0.0594. The van der Waals surface area contributed by atoms with E-state index in [0.29, 0.717) is 11.6 Å². The van der Waals surface area contributed by atoms with Gasteiger partial charge in [0.1, 0.15) is 5.69 Å². The van der Waals surface area contributed by atoms with E-state index in [4.69, 9.17) is 0 Å². The first kappa shape index (κ1) is 11.2. The molecule has 1 rings (SSSR count). The molecule has 0 N–H and O–H groups in total. The van der Waals surface area contributed by atoms with Gasteiger partial charge in [-0.1, -0.05) is 29.8 Å². The fraction of sp³-hybridized carbons (Fsp3) is 0.400. The van der Waals surface area contributed by atoms with Gasteiger partial charge in [0, 0.05) is 10.7 Å². The number of nitrogens with zero attached hydrogens (tertiary/aromatic N) is 1. The Morgan fingerprint density at radius 3 is 2.64 bits per heavy atom. The van der Waals surface area contributed by atoms with Gasteiger partial charge in [-0.05, 0) is 17.5 Å². The fourth-order valence-electron chi connectivity index (χ4n) is 1.08. The molecule has 4 heteroatoms. The Hall–Kier alpha value is -0.900. The maximum absolute atomic E-state index is 11.1. The van der Waals surface area contributed by atoms with E-state index < -0.39 is 5.97 Å². The monoisotopic (exact) mass is 257 g/mol. The van der Waals surface area contributed by atoms with E-state index in [9.17, 15) is 4.79 Å². The van der Waals surface area contributed by atoms with Gasteiger partial charge in [-0.25, -0.2) is 9.78 Å². The Morgan fingerprint density at radius 2 is 2.21 bits per heavy atom. The molecular weight excluding hydrogens is 246 g/mol. The van der Waals surface area contributed by atoms with E-state index in [1.165, 1.54) is 7.11 Å². The molecule has 14 heavy (non-hydrogen) atoms. The van der Waals surface area contributed by atoms with Crippen molar-refractivity contribution in [3.05, 3.63) is 28.0 Å². The van der Waals surface area contributed by atoms with E-state index in [0.717, 1.165) is 10.0 Å². The predicted octanol–water partition coefficient (Wildman–Crippen LogP) is 2.75. The van der Waals surface area contributed by atoms with E-state index in [2.05, 4.69) is 39.5 Å². The Morgan fingerprint density at radius 1 is 1.57 bits per heavy atom. The van der Waals surface area contributed by atoms with Crippen LogP contribution in [0, 0.1) is 0 Å². The maximum atomic E-state index is 11.1. The van der Waals surface area contributed by atoms with E-state index in [1.54, 1.807) is 12.3 Å². The summed E-state index contributed by atoms with van der Waals surface area (Å²) >= 11 is 3.40. The van der Waals surface area contributed by atoms with Gasteiger partial charge < -0.3 is 4.74 Å². The topological polar surface area (TPSA) is 39.2 Å². The van der Waals surface area contributed by atoms with Crippen molar-refractivity contribution in [3.63, 3.8) is 0 Å². The van der Waals surface area contributed by atoms with Crippen LogP contribution in [0.1, 0.15) is 35.8 Å². The number of carbonyl (C=O) groups is 1. The molecule has 0 saturated carbocycles. The van der Waals surface area contributed by atoms with Crippen LogP contribution in [0.4, 0.5) is 0 Å². The average Bonchev–Trinajstić information content (AvgIpc) is 2.15. The lowest BCUT2D eigenvalue weighted by Gasteiger charge is -2.08. The molecule has 0 aliphatic rings. The van der Waals surface area contributed by atoms with Gasteiger partial charge in [0.25, 0.3) is 0 Å². The number of methoxy groups -OCH3 is 1. The number of pyridine rings is 1. The molecule has 0 bridgehead atoms. The highest BCUT2D eigenvalue weighted by molar-refractivity contribution is 9.10. The summed E-state index contributed by atoms with van der Waals surface area (Å²) in [5, 5.41) is 0. The van der Waals surface area contributed by atoms with Crippen LogP contribution in [-0.4, -0.2) is 18.1 Å². The first-order valence-electron chi connectivity index (χ1n) is 4.30. The number of halogens is 1. The van der Waals surface area contributed by atoms with Gasteiger partial charge in [0.05, 0.1) is 7.11 Å². The number of aromatic nitrogens is 1. The maximum Gasteiger partial charge on any atom is 0.356 e. The quantitative estimate of drug-likeness (QED) is 0.765. The number of hydrogen-bond donors (Lipinski definition) is 0. The summed E-state index contributed by atoms with van der Waals surface area (Å²) in [5.41, 5.74) is 1.40. The van der Waals surface area contributed by atoms with Crippen molar-refractivity contribution in [2.45, 2.75) is 19.8 Å². The van der Waals surface area contributed by atoms with Gasteiger partial charge in [-0.15, -0.1) is 0 Å². The minimum Gasteiger partial charge on any atom is -0.464 e. The highest BCUT2D eigenvalue weighted by Crippen LogP contribution is 2.24. The number of hydrogen-bond acceptors (Lipinski definition) is 3. The highest BCUT2D eigenvalue weighted by Gasteiger charge is 2.11. The third-order valence-corrected chi connectivity index (χ3v) is 2.59. The summed E-state index contributed by atoms with van der Waals surface area (Å²) in [6.07, 6.45) is 1.70. The zero-order valence-electron chi connectivity index (χ0n) is 8.37. The van der Waals surface area contributed by atoms with Crippen molar-refractivity contribution in [1.82, 2.24) is 4.98 Å². The largest absolute Gasteiger partial charge is 0.464 e. The molecule has 1 aromatic rings. The van der Waals surface area contributed by atoms with E-state index in [1.807, 2.05) is 0 Å². The Kier molecular flexibility index (Phi) is 3.63. The summed E-state index contributed by atoms with van der Waals surface area (Å²) in [6.45, 7) is 4.14. The van der Waals surface area contributed by atoms with Crippen molar-refractivity contribution in [1.29, 1.82) is 0 Å². The second-order valence-electron chi connectivity index (χ2n) is 3.24. The molecule has 0 fully saturated rings. The molecule has 0 aliphatic heterocycles. The van der Waals surface area contributed by atoms with Gasteiger partial charge in [-0.2, -0.15) is 0 Å². The molecule has 0 spiro atoms. The fourth-order valence-corrected chi connectivity index (χ4v) is 1.86. The second kappa shape index (κ2) is 4.55. The minimum absolute atomic E-state index is 0.323. The van der Waals surface area contributed by atoms with Crippen LogP contribution in [0.25, 0.3) is 0 Å². The normalized spacial score (nSPS) is 10.4. The van der Waals surface area contributed by atoms with Crippen LogP contribution >= 0.6 is 15.9 Å². The number of esters is 1. The zero-order valence-corrected chi connectivity index (χ0v) is 9.96. The van der Waals surface area contributed by atoms with Gasteiger partial charge >= 0.3 is 5.97 Å². The molecule has 76 valence electrons. The summed E-state index contributed by atoms with van der Waals surface area (Å²) in [4.78, 5) is 15.2. The molecule has 0 atom stereocenters. The molecule has 1 aromatic heterocycles. The van der Waals surface area contributed by atoms with Crippen LogP contribution in [0.5, 0.6) is 0 Å². The minimum atomic E-state index is -0.416. The molecule has 1 heterocycles. The molecule has 0 radical (unpaired) electrons. The van der Waals surface area contributed by atoms with Crippen LogP contribution in [0.3, 0.4) is 0 Å². The number of ether oxygens (including phenoxy) is 1. The average molecular weight is 258 g/mol. The molecule has 0 amide bonds. The second-order valence-corrected chi connectivity index (χ2v) is 4.09. The Bertz CT molecular complexity index is 350. The van der Waals surface area contributed by atoms with Gasteiger partial charge in [0.15, 0.2) is 0 Å². The third kappa shape index (κ3) is 2.32. The Balaban J connectivity index is 3.06. The summed E-state index contributed by atoms with van der Waals surface area (Å²) in [6, 6.07) is 1.68. The van der Waals surface area contributed by atoms with Crippen LogP contribution < -0.4 is 0 Å². The third-order valence-electron chi connectivity index (χ3n) is 1.90. The van der Waals surface area contributed by atoms with E-state index >= 15 is 0 Å². The van der Waals surface area contributed by atoms with Crippen molar-refractivity contribution < 1.29 is 9.53 Å². The van der Waals surface area contributed by atoms with Crippen LogP contribution in [0.2, 0.25) is 0 Å². The predicted molar refractivity (Wildman–Crippen MR) is 57.4 cm³/mol. The number of carbonyl (C=O) groups excluding carboxylic acids is 1. The molecule has 0 aromatic carbocycles. The first-order valence-corrected chi connectivity index (χ1v) is 5.09. The lowest BCUT2D eigenvalue weighted by Crippen LogP contribution is -2.05. The van der Waals surface area contributed by atoms with Crippen molar-refractivity contribution in [2.75, 3.05) is 7.11 Å². The SMILES string of the molecule is COC(=O)c1cc(Br)c(C(C)C)cn1. The molecule has 0 unspecified atom stereocenters. The summed E-state index contributed by atoms with van der Waals surface area (Å²) in [7, 11) is 1.34. The highest BCUT2D eigenvalue weighted by atomic mass is 79.9. The van der Waals surface area contributed by atoms with Crippen LogP contribution in [-0.2, 0) is 4.74 Å². The first-order chi connectivity index (χ1) is 6.56. The van der Waals surface area contributed by atoms with Crippen molar-refractivity contribution in [2.24, 2.45) is 0 Å². The van der Waals surface area contributed by atoms with Gasteiger partial charge in [0.2, 0.25) is 0 Å². The standard InChI is InChI=1S/C10H12BrNO2/c1-6(2)7-5-12-9(4-8(7)11)10(13)14-3/h4-6H,1-3H3.